The number of hydrogen-bond donors (Lipinski definition) is 5. The minimum Gasteiger partial charge on any atom is -0.756 e. The lowest BCUT2D eigenvalue weighted by Crippen LogP contribution is -2.56. The molecule has 0 aromatic carbocycles. The van der Waals surface area contributed by atoms with Crippen LogP contribution in [0.15, 0.2) is 34.5 Å². The number of nitrogens with one attached hydrogen (secondary N) is 2. The number of aromatic amines is 1. The summed E-state index contributed by atoms with van der Waals surface area (Å²) in [6, 6.07) is 1.55. The summed E-state index contributed by atoms with van der Waals surface area (Å²) in [7, 11) is -5.47. The number of aliphatic hydroxyl groups excluding tert-OH is 2. The summed E-state index contributed by atoms with van der Waals surface area (Å²) in [5.74, 6) is 0.349. The van der Waals surface area contributed by atoms with Crippen molar-refractivity contribution in [2.75, 3.05) is 11.9 Å². The second-order valence-electron chi connectivity index (χ2n) is 15.1. The maximum absolute atomic E-state index is 13.1. The molecule has 2 fully saturated rings. The molecule has 0 aliphatic carbocycles. The zero-order valence-electron chi connectivity index (χ0n) is 32.1. The topological polar surface area (TPSA) is 239 Å². The molecule has 5 N–H and O–H groups in total. The molecule has 3 aromatic heterocycles. The van der Waals surface area contributed by atoms with E-state index in [9.17, 15) is 34.2 Å². The fourth-order valence-corrected chi connectivity index (χ4v) is 8.54. The van der Waals surface area contributed by atoms with E-state index in [0.717, 1.165) is 23.8 Å². The third-order valence-corrected chi connectivity index (χ3v) is 11.5. The Bertz CT molecular complexity index is 1800. The number of anilines is 1. The summed E-state index contributed by atoms with van der Waals surface area (Å²) in [6.07, 6.45) is 16.4. The van der Waals surface area contributed by atoms with Crippen molar-refractivity contribution < 1.29 is 38.6 Å². The van der Waals surface area contributed by atoms with Gasteiger partial charge in [0.05, 0.1) is 18.8 Å². The molecule has 0 spiro atoms. The van der Waals surface area contributed by atoms with Crippen LogP contribution in [-0.4, -0.2) is 80.7 Å². The van der Waals surface area contributed by atoms with Crippen molar-refractivity contribution in [2.24, 2.45) is 0 Å². The van der Waals surface area contributed by atoms with E-state index in [1.165, 1.54) is 114 Å². The number of nitrogens with zero attached hydrogens (tertiary/aromatic N) is 5. The van der Waals surface area contributed by atoms with Crippen LogP contribution in [0.25, 0.3) is 11.2 Å². The number of imidazole rings is 1. The molecule has 0 saturated carbocycles. The number of phosphoric ester groups is 1. The first-order valence-electron chi connectivity index (χ1n) is 20.1. The summed E-state index contributed by atoms with van der Waals surface area (Å²) in [6.45, 7) is 4.16. The van der Waals surface area contributed by atoms with Gasteiger partial charge in [-0.05, 0) is 32.3 Å². The van der Waals surface area contributed by atoms with E-state index in [2.05, 4.69) is 32.2 Å². The highest BCUT2D eigenvalue weighted by atomic mass is 31.2. The molecule has 2 saturated heterocycles. The van der Waals surface area contributed by atoms with Gasteiger partial charge in [0.15, 0.2) is 17.4 Å². The summed E-state index contributed by atoms with van der Waals surface area (Å²) in [4.78, 5) is 62.0. The first-order chi connectivity index (χ1) is 26.4. The monoisotopic (exact) mass is 792 g/mol. The maximum Gasteiger partial charge on any atom is 0.351 e. The smallest absolute Gasteiger partial charge is 0.351 e. The predicted molar refractivity (Wildman–Crippen MR) is 203 cm³/mol. The standard InChI is InChI=1S/C37H60N7O10P/c1-3-4-5-6-7-8-9-10-11-12-13-14-15-16-17-18-22-38-27-21-23-43(36(48)42-27)35-31(46)30(45)32(53-35)37(2,54-55(49,50)51)26-19-20-28(52-26)44-25-41-29-33(44)39-24-40-34(29)47/h21,23-26,28,30-32,35,45-46H,3-20,22H2,1-2H3,(H,38,42,48)(H,39,40,47)(H2,49,50,51)/p-1. The van der Waals surface area contributed by atoms with Gasteiger partial charge in [-0.3, -0.25) is 18.5 Å². The van der Waals surface area contributed by atoms with E-state index in [0.29, 0.717) is 12.4 Å². The van der Waals surface area contributed by atoms with Gasteiger partial charge in [-0.2, -0.15) is 4.98 Å². The molecule has 2 aliphatic heterocycles. The summed E-state index contributed by atoms with van der Waals surface area (Å²) >= 11 is 0. The second-order valence-corrected chi connectivity index (χ2v) is 16.2. The van der Waals surface area contributed by atoms with E-state index in [-0.39, 0.29) is 24.0 Å². The SMILES string of the molecule is CCCCCCCCCCCCCCCCCCNc1ccn(C2OC(C(C)(OP(=O)([O-])O)C3CCC(n4cnc5c(=O)[nH]cnc54)O3)C(O)C2O)c(=O)n1. The number of fused-ring (bicyclic) bond motifs is 1. The Morgan fingerprint density at radius 3 is 2.15 bits per heavy atom. The van der Waals surface area contributed by atoms with Gasteiger partial charge in [0.1, 0.15) is 36.0 Å². The largest absolute Gasteiger partial charge is 0.756 e. The van der Waals surface area contributed by atoms with Gasteiger partial charge in [-0.25, -0.2) is 14.8 Å². The lowest BCUT2D eigenvalue weighted by Gasteiger charge is -2.42. The average Bonchev–Trinajstić information content (AvgIpc) is 3.88. The third-order valence-electron chi connectivity index (χ3n) is 10.9. The zero-order chi connectivity index (χ0) is 39.4. The third kappa shape index (κ3) is 11.5. The molecule has 18 heteroatoms. The molecule has 0 radical (unpaired) electrons. The zero-order valence-corrected chi connectivity index (χ0v) is 33.0. The van der Waals surface area contributed by atoms with Gasteiger partial charge in [-0.1, -0.05) is 103 Å². The van der Waals surface area contributed by atoms with Crippen LogP contribution in [0.1, 0.15) is 142 Å². The Morgan fingerprint density at radius 2 is 1.55 bits per heavy atom. The van der Waals surface area contributed by atoms with E-state index in [1.54, 1.807) is 6.07 Å². The van der Waals surface area contributed by atoms with Gasteiger partial charge in [0.2, 0.25) is 0 Å². The van der Waals surface area contributed by atoms with Gasteiger partial charge < -0.3 is 44.3 Å². The number of aromatic nitrogens is 6. The number of phosphoric acid groups is 1. The Labute approximate surface area is 321 Å². The fraction of sp³-hybridized carbons (Fsp3) is 0.757. The number of ether oxygens (including phenoxy) is 2. The molecule has 0 amide bonds. The molecule has 8 unspecified atom stereocenters. The molecular formula is C37H59N7O10P-. The number of unbranched alkanes of at least 4 members (excludes halogenated alkanes) is 15. The Balaban J connectivity index is 1.08. The maximum atomic E-state index is 13.1. The van der Waals surface area contributed by atoms with Crippen molar-refractivity contribution in [3.05, 3.63) is 45.8 Å². The lowest BCUT2D eigenvalue weighted by molar-refractivity contribution is -0.255. The lowest BCUT2D eigenvalue weighted by atomic mass is 9.87. The summed E-state index contributed by atoms with van der Waals surface area (Å²) in [5.41, 5.74) is -2.99. The van der Waals surface area contributed by atoms with Crippen molar-refractivity contribution in [3.63, 3.8) is 0 Å². The van der Waals surface area contributed by atoms with Crippen molar-refractivity contribution in [3.8, 4) is 0 Å². The van der Waals surface area contributed by atoms with Crippen LogP contribution in [0.2, 0.25) is 0 Å². The van der Waals surface area contributed by atoms with E-state index in [4.69, 9.17) is 14.0 Å². The van der Waals surface area contributed by atoms with Crippen molar-refractivity contribution >= 4 is 24.8 Å². The van der Waals surface area contributed by atoms with Gasteiger partial charge in [-0.15, -0.1) is 0 Å². The number of hydrogen-bond acceptors (Lipinski definition) is 13. The van der Waals surface area contributed by atoms with Crippen LogP contribution < -0.4 is 21.5 Å². The molecule has 3 aromatic rings. The number of aliphatic hydroxyl groups is 2. The quantitative estimate of drug-likeness (QED) is 0.0617. The number of H-pyrrole nitrogens is 1. The molecule has 0 bridgehead atoms. The normalized spacial score (nSPS) is 25.0. The van der Waals surface area contributed by atoms with Crippen LogP contribution in [0.5, 0.6) is 0 Å². The minimum atomic E-state index is -5.47. The predicted octanol–water partition coefficient (Wildman–Crippen LogP) is 4.58. The first-order valence-corrected chi connectivity index (χ1v) is 21.6. The van der Waals surface area contributed by atoms with Crippen molar-refractivity contribution in [1.29, 1.82) is 0 Å². The Hall–Kier alpha value is -3.02. The van der Waals surface area contributed by atoms with Crippen LogP contribution in [0.3, 0.4) is 0 Å². The molecule has 2 aliphatic rings. The van der Waals surface area contributed by atoms with Crippen molar-refractivity contribution in [2.45, 2.75) is 172 Å². The van der Waals surface area contributed by atoms with Crippen LogP contribution in [0.4, 0.5) is 5.82 Å². The first kappa shape index (κ1) is 43.1. The van der Waals surface area contributed by atoms with E-state index >= 15 is 0 Å². The van der Waals surface area contributed by atoms with Crippen LogP contribution >= 0.6 is 7.82 Å². The molecule has 5 rings (SSSR count). The van der Waals surface area contributed by atoms with Gasteiger partial charge >= 0.3 is 5.69 Å². The number of rotatable bonds is 24. The highest BCUT2D eigenvalue weighted by Gasteiger charge is 2.59. The van der Waals surface area contributed by atoms with E-state index < -0.39 is 61.5 Å². The van der Waals surface area contributed by atoms with Gasteiger partial charge in [0.25, 0.3) is 13.4 Å². The summed E-state index contributed by atoms with van der Waals surface area (Å²) < 4.78 is 32.0. The van der Waals surface area contributed by atoms with Crippen LogP contribution in [0, 0.1) is 0 Å². The van der Waals surface area contributed by atoms with Crippen LogP contribution in [-0.2, 0) is 18.6 Å². The Morgan fingerprint density at radius 1 is 0.927 bits per heavy atom. The molecule has 8 atom stereocenters. The van der Waals surface area contributed by atoms with Gasteiger partial charge in [0, 0.05) is 12.7 Å². The molecule has 308 valence electrons. The average molecular weight is 793 g/mol. The molecular weight excluding hydrogens is 733 g/mol. The Kier molecular flexibility index (Phi) is 16.0. The molecule has 17 nitrogen and oxygen atoms in total. The van der Waals surface area contributed by atoms with E-state index in [1.807, 2.05) is 0 Å². The highest BCUT2D eigenvalue weighted by Crippen LogP contribution is 2.49. The molecule has 55 heavy (non-hydrogen) atoms. The second kappa shape index (κ2) is 20.4. The molecule has 5 heterocycles. The summed E-state index contributed by atoms with van der Waals surface area (Å²) in [5, 5.41) is 25.4. The highest BCUT2D eigenvalue weighted by molar-refractivity contribution is 7.44. The van der Waals surface area contributed by atoms with Crippen molar-refractivity contribution in [1.82, 2.24) is 29.1 Å². The minimum absolute atomic E-state index is 0.0778. The fourth-order valence-electron chi connectivity index (χ4n) is 7.82.